The molecule has 7 nitrogen and oxygen atoms in total. The van der Waals surface area contributed by atoms with Gasteiger partial charge in [0.05, 0.1) is 10.4 Å². The summed E-state index contributed by atoms with van der Waals surface area (Å²) >= 11 is 10.7. The lowest BCUT2D eigenvalue weighted by Crippen LogP contribution is -2.25. The van der Waals surface area contributed by atoms with Crippen molar-refractivity contribution in [1.29, 1.82) is 0 Å². The molecule has 2 aromatic carbocycles. The monoisotopic (exact) mass is 667 g/mol. The predicted molar refractivity (Wildman–Crippen MR) is 155 cm³/mol. The van der Waals surface area contributed by atoms with Gasteiger partial charge in [0, 0.05) is 42.5 Å². The number of nitro groups is 1. The highest BCUT2D eigenvalue weighted by atomic mass is 79.9. The number of halogens is 3. The Morgan fingerprint density at radius 1 is 1.09 bits per heavy atom. The van der Waals surface area contributed by atoms with Gasteiger partial charge >= 0.3 is 0 Å². The van der Waals surface area contributed by atoms with Crippen molar-refractivity contribution in [3.8, 4) is 0 Å². The molecular formula is C25H28Br3N5O2. The summed E-state index contributed by atoms with van der Waals surface area (Å²) in [4.78, 5) is 22.7. The summed E-state index contributed by atoms with van der Waals surface area (Å²) in [5.41, 5.74) is 1.63. The third kappa shape index (κ3) is 7.55. The van der Waals surface area contributed by atoms with E-state index < -0.39 is 4.92 Å². The molecule has 0 bridgehead atoms. The van der Waals surface area contributed by atoms with E-state index in [4.69, 9.17) is 4.98 Å². The number of rotatable bonds is 11. The molecule has 0 aliphatic rings. The summed E-state index contributed by atoms with van der Waals surface area (Å²) in [6.07, 6.45) is 5.79. The Kier molecular flexibility index (Phi) is 10.2. The Labute approximate surface area is 230 Å². The van der Waals surface area contributed by atoms with E-state index in [0.29, 0.717) is 22.5 Å². The topological polar surface area (TPSA) is 84.2 Å². The maximum Gasteiger partial charge on any atom is 0.270 e. The van der Waals surface area contributed by atoms with Gasteiger partial charge in [-0.15, -0.1) is 0 Å². The van der Waals surface area contributed by atoms with Gasteiger partial charge in [-0.05, 0) is 69.8 Å². The summed E-state index contributed by atoms with van der Waals surface area (Å²) in [6, 6.07) is 8.77. The van der Waals surface area contributed by atoms with Crippen molar-refractivity contribution in [2.45, 2.75) is 39.7 Å². The molecule has 186 valence electrons. The minimum absolute atomic E-state index is 0.0179. The van der Waals surface area contributed by atoms with Crippen LogP contribution in [0.4, 0.5) is 11.5 Å². The molecule has 3 aromatic rings. The van der Waals surface area contributed by atoms with Crippen LogP contribution in [0.5, 0.6) is 0 Å². The lowest BCUT2D eigenvalue weighted by atomic mass is 10.1. The van der Waals surface area contributed by atoms with Crippen LogP contribution in [-0.2, 0) is 0 Å². The van der Waals surface area contributed by atoms with Crippen LogP contribution in [0, 0.1) is 10.1 Å². The lowest BCUT2D eigenvalue weighted by Gasteiger charge is -2.20. The minimum atomic E-state index is -0.396. The van der Waals surface area contributed by atoms with Crippen LogP contribution >= 0.6 is 47.8 Å². The lowest BCUT2D eigenvalue weighted by molar-refractivity contribution is -0.384. The second-order valence-electron chi connectivity index (χ2n) is 8.22. The van der Waals surface area contributed by atoms with Crippen molar-refractivity contribution >= 4 is 82.4 Å². The van der Waals surface area contributed by atoms with E-state index >= 15 is 0 Å². The molecule has 1 N–H and O–H groups in total. The van der Waals surface area contributed by atoms with Crippen molar-refractivity contribution < 1.29 is 4.92 Å². The number of nitrogens with one attached hydrogen (secondary N) is 1. The quantitative estimate of drug-likeness (QED) is 0.165. The molecule has 1 aromatic heterocycles. The number of hydrogen-bond donors (Lipinski definition) is 1. The van der Waals surface area contributed by atoms with Crippen LogP contribution in [0.2, 0.25) is 0 Å². The normalized spacial score (nSPS) is 12.5. The van der Waals surface area contributed by atoms with Crippen molar-refractivity contribution in [3.05, 3.63) is 65.3 Å². The smallest absolute Gasteiger partial charge is 0.270 e. The van der Waals surface area contributed by atoms with E-state index in [-0.39, 0.29) is 11.7 Å². The maximum absolute atomic E-state index is 11.4. The van der Waals surface area contributed by atoms with E-state index in [9.17, 15) is 10.1 Å². The van der Waals surface area contributed by atoms with Crippen molar-refractivity contribution in [2.75, 3.05) is 25.0 Å². The number of nitrogens with zero attached hydrogens (tertiary/aromatic N) is 4. The van der Waals surface area contributed by atoms with Crippen LogP contribution in [0.25, 0.3) is 23.1 Å². The first kappa shape index (κ1) is 27.7. The highest BCUT2D eigenvalue weighted by molar-refractivity contribution is 9.11. The molecule has 1 heterocycles. The Morgan fingerprint density at radius 2 is 1.77 bits per heavy atom. The zero-order valence-electron chi connectivity index (χ0n) is 19.9. The van der Waals surface area contributed by atoms with E-state index in [1.165, 1.54) is 12.1 Å². The van der Waals surface area contributed by atoms with Gasteiger partial charge in [-0.2, -0.15) is 0 Å². The number of hydrogen-bond acceptors (Lipinski definition) is 6. The molecule has 0 fully saturated rings. The fourth-order valence-electron chi connectivity index (χ4n) is 3.77. The molecular weight excluding hydrogens is 642 g/mol. The first-order chi connectivity index (χ1) is 16.7. The van der Waals surface area contributed by atoms with Crippen molar-refractivity contribution in [2.24, 2.45) is 0 Å². The highest BCUT2D eigenvalue weighted by Gasteiger charge is 2.15. The number of non-ortho nitro benzene ring substituents is 1. The zero-order valence-corrected chi connectivity index (χ0v) is 24.7. The van der Waals surface area contributed by atoms with E-state index in [1.807, 2.05) is 24.3 Å². The fourth-order valence-corrected chi connectivity index (χ4v) is 6.29. The summed E-state index contributed by atoms with van der Waals surface area (Å²) in [5, 5.41) is 15.5. The summed E-state index contributed by atoms with van der Waals surface area (Å²) < 4.78 is 2.80. The Balaban J connectivity index is 1.92. The van der Waals surface area contributed by atoms with Gasteiger partial charge in [-0.25, -0.2) is 9.97 Å². The largest absolute Gasteiger partial charge is 0.367 e. The van der Waals surface area contributed by atoms with Crippen LogP contribution in [0.1, 0.15) is 45.0 Å². The molecule has 0 unspecified atom stereocenters. The number of fused-ring (bicyclic) bond motifs is 1. The van der Waals surface area contributed by atoms with Crippen molar-refractivity contribution in [3.63, 3.8) is 0 Å². The third-order valence-corrected chi connectivity index (χ3v) is 7.51. The second-order valence-corrected chi connectivity index (χ2v) is 10.8. The Bertz CT molecular complexity index is 1210. The fraction of sp³-hybridized carbons (Fsp3) is 0.360. The molecule has 0 amide bonds. The highest BCUT2D eigenvalue weighted by Crippen LogP contribution is 2.32. The van der Waals surface area contributed by atoms with E-state index in [2.05, 4.69) is 83.8 Å². The predicted octanol–water partition coefficient (Wildman–Crippen LogP) is 7.92. The number of nitro benzene ring substituents is 1. The third-order valence-electron chi connectivity index (χ3n) is 5.74. The Hall–Kier alpha value is -1.88. The van der Waals surface area contributed by atoms with Gasteiger partial charge in [-0.3, -0.25) is 10.1 Å². The summed E-state index contributed by atoms with van der Waals surface area (Å²) in [6.45, 7) is 9.58. The number of anilines is 1. The SMILES string of the molecule is CCN(CC)CCC[C@H](C)Nc1nc(/C=C/c2c(Br)cc(Br)cc2Br)nc2ccc([N+](=O)[O-])cc12. The number of benzene rings is 2. The maximum atomic E-state index is 11.4. The van der Waals surface area contributed by atoms with Gasteiger partial charge in [0.2, 0.25) is 0 Å². The van der Waals surface area contributed by atoms with Crippen LogP contribution in [-0.4, -0.2) is 45.5 Å². The van der Waals surface area contributed by atoms with E-state index in [0.717, 1.165) is 51.5 Å². The average molecular weight is 670 g/mol. The van der Waals surface area contributed by atoms with Crippen LogP contribution in [0.3, 0.4) is 0 Å². The van der Waals surface area contributed by atoms with Gasteiger partial charge in [0.25, 0.3) is 5.69 Å². The first-order valence-electron chi connectivity index (χ1n) is 11.5. The van der Waals surface area contributed by atoms with Crippen LogP contribution in [0.15, 0.2) is 43.7 Å². The van der Waals surface area contributed by atoms with E-state index in [1.54, 1.807) is 6.07 Å². The Morgan fingerprint density at radius 3 is 2.40 bits per heavy atom. The van der Waals surface area contributed by atoms with Gasteiger partial charge in [0.1, 0.15) is 5.82 Å². The molecule has 0 aliphatic carbocycles. The molecule has 0 saturated carbocycles. The summed E-state index contributed by atoms with van der Waals surface area (Å²) in [7, 11) is 0. The number of aromatic nitrogens is 2. The molecule has 0 spiro atoms. The molecule has 3 rings (SSSR count). The van der Waals surface area contributed by atoms with Gasteiger partial charge in [0.15, 0.2) is 5.82 Å². The molecule has 35 heavy (non-hydrogen) atoms. The average Bonchev–Trinajstić information content (AvgIpc) is 2.81. The zero-order chi connectivity index (χ0) is 25.5. The van der Waals surface area contributed by atoms with Crippen LogP contribution < -0.4 is 5.32 Å². The molecule has 0 radical (unpaired) electrons. The van der Waals surface area contributed by atoms with Gasteiger partial charge < -0.3 is 10.2 Å². The first-order valence-corrected chi connectivity index (χ1v) is 13.9. The van der Waals surface area contributed by atoms with Gasteiger partial charge in [-0.1, -0.05) is 61.6 Å². The summed E-state index contributed by atoms with van der Waals surface area (Å²) in [5.74, 6) is 1.12. The minimum Gasteiger partial charge on any atom is -0.367 e. The molecule has 10 heteroatoms. The standard InChI is InChI=1S/C25H28Br3N5O2/c1-4-32(5-2)12-6-7-16(3)29-25-20-15-18(33(34)35)8-10-23(20)30-24(31-25)11-9-19-21(27)13-17(26)14-22(19)28/h8-11,13-16H,4-7,12H2,1-3H3,(H,29,30,31)/b11-9+/t16-/m0/s1. The molecule has 1 atom stereocenters. The van der Waals surface area contributed by atoms with Crippen molar-refractivity contribution in [1.82, 2.24) is 14.9 Å². The molecule has 0 aliphatic heterocycles. The second kappa shape index (κ2) is 12.9. The molecule has 0 saturated heterocycles.